The molecule has 0 fully saturated rings. The van der Waals surface area contributed by atoms with E-state index in [0.29, 0.717) is 19.5 Å². The van der Waals surface area contributed by atoms with Gasteiger partial charge in [-0.05, 0) is 45.2 Å². The smallest absolute Gasteiger partial charge is 0.410 e. The third-order valence-corrected chi connectivity index (χ3v) is 3.40. The van der Waals surface area contributed by atoms with E-state index in [9.17, 15) is 9.90 Å². The van der Waals surface area contributed by atoms with Crippen molar-refractivity contribution in [3.05, 3.63) is 24.0 Å². The van der Waals surface area contributed by atoms with Crippen LogP contribution in [0.1, 0.15) is 32.9 Å². The Morgan fingerprint density at radius 1 is 1.45 bits per heavy atom. The highest BCUT2D eigenvalue weighted by Gasteiger charge is 2.28. The van der Waals surface area contributed by atoms with Crippen molar-refractivity contribution in [2.24, 2.45) is 5.92 Å². The topological polar surface area (TPSA) is 54.7 Å². The molecule has 0 saturated carbocycles. The van der Waals surface area contributed by atoms with Crippen LogP contribution in [0.4, 0.5) is 4.79 Å². The predicted octanol–water partition coefficient (Wildman–Crippen LogP) is 2.24. The molecule has 5 heteroatoms. The van der Waals surface area contributed by atoms with E-state index in [1.807, 2.05) is 39.1 Å². The average molecular weight is 280 g/mol. The first-order valence-electron chi connectivity index (χ1n) is 7.12. The minimum absolute atomic E-state index is 0.142. The van der Waals surface area contributed by atoms with Crippen molar-refractivity contribution < 1.29 is 14.6 Å². The van der Waals surface area contributed by atoms with E-state index in [0.717, 1.165) is 12.2 Å². The van der Waals surface area contributed by atoms with Gasteiger partial charge in [-0.25, -0.2) is 4.79 Å². The van der Waals surface area contributed by atoms with Crippen LogP contribution >= 0.6 is 0 Å². The van der Waals surface area contributed by atoms with Gasteiger partial charge in [-0.3, -0.25) is 0 Å². The monoisotopic (exact) mass is 280 g/mol. The summed E-state index contributed by atoms with van der Waals surface area (Å²) in [6, 6.07) is 4.02. The lowest BCUT2D eigenvalue weighted by Gasteiger charge is -2.28. The molecule has 1 unspecified atom stereocenters. The van der Waals surface area contributed by atoms with Gasteiger partial charge in [0, 0.05) is 31.6 Å². The van der Waals surface area contributed by atoms with Gasteiger partial charge in [0.05, 0.1) is 6.54 Å². The molecule has 0 aromatic carbocycles. The molecule has 5 nitrogen and oxygen atoms in total. The zero-order valence-corrected chi connectivity index (χ0v) is 12.5. The van der Waals surface area contributed by atoms with Crippen LogP contribution in [0.15, 0.2) is 18.3 Å². The Hall–Kier alpha value is -1.49. The number of carbonyl (C=O) groups is 1. The molecule has 1 N–H and O–H groups in total. The third kappa shape index (κ3) is 3.76. The fraction of sp³-hybridized carbons (Fsp3) is 0.667. The van der Waals surface area contributed by atoms with Gasteiger partial charge in [-0.15, -0.1) is 0 Å². The Kier molecular flexibility index (Phi) is 4.38. The zero-order chi connectivity index (χ0) is 14.8. The van der Waals surface area contributed by atoms with Gasteiger partial charge < -0.3 is 19.3 Å². The van der Waals surface area contributed by atoms with E-state index in [4.69, 9.17) is 4.74 Å². The summed E-state index contributed by atoms with van der Waals surface area (Å²) in [6.45, 7) is 7.77. The van der Waals surface area contributed by atoms with Gasteiger partial charge in [0.15, 0.2) is 0 Å². The second kappa shape index (κ2) is 5.87. The minimum atomic E-state index is -0.488. The van der Waals surface area contributed by atoms with Crippen molar-refractivity contribution in [3.63, 3.8) is 0 Å². The van der Waals surface area contributed by atoms with Gasteiger partial charge in [0.2, 0.25) is 0 Å². The highest BCUT2D eigenvalue weighted by molar-refractivity contribution is 5.68. The van der Waals surface area contributed by atoms with E-state index >= 15 is 0 Å². The number of hydrogen-bond acceptors (Lipinski definition) is 3. The second-order valence-electron chi connectivity index (χ2n) is 6.39. The molecule has 0 bridgehead atoms. The molecule has 0 radical (unpaired) electrons. The van der Waals surface area contributed by atoms with Gasteiger partial charge in [-0.2, -0.15) is 0 Å². The summed E-state index contributed by atoms with van der Waals surface area (Å²) in [5.74, 6) is 0.251. The lowest BCUT2D eigenvalue weighted by atomic mass is 10.1. The molecular weight excluding hydrogens is 256 g/mol. The Morgan fingerprint density at radius 2 is 2.20 bits per heavy atom. The summed E-state index contributed by atoms with van der Waals surface area (Å²) in [5.41, 5.74) is 0.619. The van der Waals surface area contributed by atoms with Crippen LogP contribution in [-0.4, -0.2) is 39.4 Å². The van der Waals surface area contributed by atoms with Crippen molar-refractivity contribution in [3.8, 4) is 0 Å². The van der Waals surface area contributed by atoms with Crippen LogP contribution in [0, 0.1) is 5.92 Å². The Morgan fingerprint density at radius 3 is 2.85 bits per heavy atom. The van der Waals surface area contributed by atoms with Crippen LogP contribution in [0.3, 0.4) is 0 Å². The number of carbonyl (C=O) groups excluding carboxylic acids is 1. The first kappa shape index (κ1) is 14.9. The Balaban J connectivity index is 2.14. The van der Waals surface area contributed by atoms with Crippen molar-refractivity contribution in [2.75, 3.05) is 13.2 Å². The maximum Gasteiger partial charge on any atom is 0.410 e. The van der Waals surface area contributed by atoms with Gasteiger partial charge in [0.1, 0.15) is 5.60 Å². The largest absolute Gasteiger partial charge is 0.444 e. The number of amides is 1. The molecule has 1 aromatic heterocycles. The summed E-state index contributed by atoms with van der Waals surface area (Å²) < 4.78 is 7.62. The van der Waals surface area contributed by atoms with Crippen LogP contribution in [0.5, 0.6) is 0 Å². The van der Waals surface area contributed by atoms with Crippen molar-refractivity contribution in [2.45, 2.75) is 45.9 Å². The summed E-state index contributed by atoms with van der Waals surface area (Å²) >= 11 is 0. The summed E-state index contributed by atoms with van der Waals surface area (Å²) in [5, 5.41) is 9.18. The molecule has 0 spiro atoms. The highest BCUT2D eigenvalue weighted by atomic mass is 16.6. The van der Waals surface area contributed by atoms with Crippen molar-refractivity contribution >= 4 is 6.09 Å². The van der Waals surface area contributed by atoms with E-state index < -0.39 is 5.60 Å². The van der Waals surface area contributed by atoms with Crippen LogP contribution in [0.2, 0.25) is 0 Å². The molecule has 0 saturated heterocycles. The molecule has 1 aromatic rings. The van der Waals surface area contributed by atoms with Gasteiger partial charge >= 0.3 is 6.09 Å². The number of aliphatic hydroxyl groups is 1. The van der Waals surface area contributed by atoms with Crippen molar-refractivity contribution in [1.82, 2.24) is 9.47 Å². The maximum atomic E-state index is 12.3. The Bertz CT molecular complexity index is 462. The highest BCUT2D eigenvalue weighted by Crippen LogP contribution is 2.21. The van der Waals surface area contributed by atoms with E-state index in [-0.39, 0.29) is 18.6 Å². The predicted molar refractivity (Wildman–Crippen MR) is 76.3 cm³/mol. The van der Waals surface area contributed by atoms with Crippen LogP contribution in [0.25, 0.3) is 0 Å². The van der Waals surface area contributed by atoms with E-state index in [2.05, 4.69) is 4.57 Å². The van der Waals surface area contributed by atoms with E-state index in [1.54, 1.807) is 4.90 Å². The number of hydrogen-bond donors (Lipinski definition) is 1. The van der Waals surface area contributed by atoms with E-state index in [1.165, 1.54) is 0 Å². The second-order valence-corrected chi connectivity index (χ2v) is 6.39. The summed E-state index contributed by atoms with van der Waals surface area (Å²) in [7, 11) is 0. The number of ether oxygens (including phenoxy) is 1. The van der Waals surface area contributed by atoms with Crippen LogP contribution < -0.4 is 0 Å². The first-order valence-corrected chi connectivity index (χ1v) is 7.12. The fourth-order valence-corrected chi connectivity index (χ4v) is 2.51. The first-order chi connectivity index (χ1) is 9.39. The molecule has 1 aliphatic heterocycles. The number of nitrogens with zero attached hydrogens (tertiary/aromatic N) is 2. The molecule has 1 amide bonds. The molecule has 112 valence electrons. The summed E-state index contributed by atoms with van der Waals surface area (Å²) in [4.78, 5) is 14.0. The zero-order valence-electron chi connectivity index (χ0n) is 12.5. The molecule has 2 heterocycles. The normalized spacial score (nSPS) is 19.4. The lowest BCUT2D eigenvalue weighted by molar-refractivity contribution is 0.0202. The fourth-order valence-electron chi connectivity index (χ4n) is 2.51. The molecule has 20 heavy (non-hydrogen) atoms. The SMILES string of the molecule is CC(C)(C)OC(=O)N1Cc2cccn2CC(CCO)C1. The summed E-state index contributed by atoms with van der Waals surface area (Å²) in [6.07, 6.45) is 2.44. The molecular formula is C15H24N2O3. The third-order valence-electron chi connectivity index (χ3n) is 3.40. The standard InChI is InChI=1S/C15H24N2O3/c1-15(2,3)20-14(19)17-10-12(6-8-18)9-16-7-4-5-13(16)11-17/h4-5,7,12,18H,6,8-11H2,1-3H3. The Labute approximate surface area is 120 Å². The maximum absolute atomic E-state index is 12.3. The number of aliphatic hydroxyl groups excluding tert-OH is 1. The molecule has 2 rings (SSSR count). The van der Waals surface area contributed by atoms with Gasteiger partial charge in [0.25, 0.3) is 0 Å². The molecule has 1 aliphatic rings. The van der Waals surface area contributed by atoms with Gasteiger partial charge in [-0.1, -0.05) is 0 Å². The molecule has 1 atom stereocenters. The quantitative estimate of drug-likeness (QED) is 0.904. The number of aromatic nitrogens is 1. The molecule has 0 aliphatic carbocycles. The average Bonchev–Trinajstić information content (AvgIpc) is 2.66. The number of fused-ring (bicyclic) bond motifs is 1. The number of rotatable bonds is 2. The minimum Gasteiger partial charge on any atom is -0.444 e. The van der Waals surface area contributed by atoms with Crippen molar-refractivity contribution in [1.29, 1.82) is 0 Å². The van der Waals surface area contributed by atoms with Crippen LogP contribution in [-0.2, 0) is 17.8 Å². The lowest BCUT2D eigenvalue weighted by Crippen LogP contribution is -2.38.